The molecule has 0 unspecified atom stereocenters. The van der Waals surface area contributed by atoms with Crippen molar-refractivity contribution in [3.8, 4) is 0 Å². The Morgan fingerprint density at radius 3 is 2.68 bits per heavy atom. The molecule has 1 aliphatic carbocycles. The van der Waals surface area contributed by atoms with Crippen molar-refractivity contribution in [2.45, 2.75) is 38.6 Å². The molecule has 0 saturated heterocycles. The maximum Gasteiger partial charge on any atom is 0.272 e. The summed E-state index contributed by atoms with van der Waals surface area (Å²) in [5, 5.41) is 13.9. The number of rotatable bonds is 5. The van der Waals surface area contributed by atoms with Gasteiger partial charge < -0.3 is 5.32 Å². The molecule has 5 heteroatoms. The minimum absolute atomic E-state index is 0.186. The molecule has 1 saturated carbocycles. The zero-order chi connectivity index (χ0) is 13.7. The van der Waals surface area contributed by atoms with Crippen LogP contribution in [0.2, 0.25) is 0 Å². The van der Waals surface area contributed by atoms with Gasteiger partial charge in [0.15, 0.2) is 0 Å². The minimum atomic E-state index is -0.562. The predicted molar refractivity (Wildman–Crippen MR) is 71.3 cm³/mol. The largest absolute Gasteiger partial charge is 0.312 e. The Kier molecular flexibility index (Phi) is 4.85. The molecule has 1 aromatic carbocycles. The number of nitro groups is 1. The van der Waals surface area contributed by atoms with Crippen molar-refractivity contribution in [1.82, 2.24) is 5.32 Å². The van der Waals surface area contributed by atoms with E-state index in [0.717, 1.165) is 12.6 Å². The SMILES string of the molecule is O=[N+]([O-])c1cc(F)cc(CNCC2CCCCC2)c1. The molecule has 0 heterocycles. The second-order valence-corrected chi connectivity index (χ2v) is 5.21. The number of non-ortho nitro benzene ring substituents is 1. The van der Waals surface area contributed by atoms with Gasteiger partial charge in [0, 0.05) is 12.6 Å². The van der Waals surface area contributed by atoms with Gasteiger partial charge in [-0.05, 0) is 36.9 Å². The summed E-state index contributed by atoms with van der Waals surface area (Å²) >= 11 is 0. The summed E-state index contributed by atoms with van der Waals surface area (Å²) in [7, 11) is 0. The van der Waals surface area contributed by atoms with E-state index in [1.807, 2.05) is 0 Å². The Labute approximate surface area is 112 Å². The van der Waals surface area contributed by atoms with Gasteiger partial charge in [-0.3, -0.25) is 10.1 Å². The molecule has 0 atom stereocenters. The van der Waals surface area contributed by atoms with Crippen molar-refractivity contribution in [1.29, 1.82) is 0 Å². The van der Waals surface area contributed by atoms with Crippen molar-refractivity contribution in [3.63, 3.8) is 0 Å². The molecule has 104 valence electrons. The van der Waals surface area contributed by atoms with Crippen LogP contribution in [-0.2, 0) is 6.54 Å². The number of nitro benzene ring substituents is 1. The molecular weight excluding hydrogens is 247 g/mol. The molecular formula is C14H19FN2O2. The fourth-order valence-corrected chi connectivity index (χ4v) is 2.65. The fourth-order valence-electron chi connectivity index (χ4n) is 2.65. The fraction of sp³-hybridized carbons (Fsp3) is 0.571. The molecule has 0 bridgehead atoms. The average Bonchev–Trinajstić information content (AvgIpc) is 2.39. The van der Waals surface area contributed by atoms with Crippen LogP contribution in [0.5, 0.6) is 0 Å². The smallest absolute Gasteiger partial charge is 0.272 e. The zero-order valence-corrected chi connectivity index (χ0v) is 10.9. The van der Waals surface area contributed by atoms with Crippen molar-refractivity contribution in [2.24, 2.45) is 5.92 Å². The third-order valence-corrected chi connectivity index (χ3v) is 3.64. The number of nitrogens with one attached hydrogen (secondary N) is 1. The number of hydrogen-bond donors (Lipinski definition) is 1. The van der Waals surface area contributed by atoms with E-state index in [9.17, 15) is 14.5 Å². The molecule has 1 fully saturated rings. The lowest BCUT2D eigenvalue weighted by Crippen LogP contribution is -2.24. The van der Waals surface area contributed by atoms with Gasteiger partial charge in [0.25, 0.3) is 5.69 Å². The standard InChI is InChI=1S/C14H19FN2O2/c15-13-6-12(7-14(8-13)17(18)19)10-16-9-11-4-2-1-3-5-11/h6-8,11,16H,1-5,9-10H2. The van der Waals surface area contributed by atoms with Gasteiger partial charge in [0.05, 0.1) is 11.0 Å². The lowest BCUT2D eigenvalue weighted by atomic mass is 9.89. The number of benzene rings is 1. The Balaban J connectivity index is 1.86. The van der Waals surface area contributed by atoms with Crippen molar-refractivity contribution in [2.75, 3.05) is 6.54 Å². The molecule has 19 heavy (non-hydrogen) atoms. The molecule has 1 N–H and O–H groups in total. The third kappa shape index (κ3) is 4.28. The summed E-state index contributed by atoms with van der Waals surface area (Å²) in [5.41, 5.74) is 0.442. The van der Waals surface area contributed by atoms with Gasteiger partial charge in [-0.25, -0.2) is 4.39 Å². The van der Waals surface area contributed by atoms with Crippen LogP contribution in [0.3, 0.4) is 0 Å². The van der Waals surface area contributed by atoms with Crippen molar-refractivity contribution < 1.29 is 9.31 Å². The first-order valence-corrected chi connectivity index (χ1v) is 6.80. The Hall–Kier alpha value is -1.49. The predicted octanol–water partition coefficient (Wildman–Crippen LogP) is 3.40. The Bertz CT molecular complexity index is 445. The van der Waals surface area contributed by atoms with Crippen LogP contribution in [-0.4, -0.2) is 11.5 Å². The molecule has 1 aromatic rings. The first-order chi connectivity index (χ1) is 9.15. The lowest BCUT2D eigenvalue weighted by Gasteiger charge is -2.21. The topological polar surface area (TPSA) is 55.2 Å². The second-order valence-electron chi connectivity index (χ2n) is 5.21. The summed E-state index contributed by atoms with van der Waals surface area (Å²) in [6.07, 6.45) is 6.40. The lowest BCUT2D eigenvalue weighted by molar-refractivity contribution is -0.385. The minimum Gasteiger partial charge on any atom is -0.312 e. The van der Waals surface area contributed by atoms with Crippen LogP contribution in [0.15, 0.2) is 18.2 Å². The quantitative estimate of drug-likeness (QED) is 0.656. The summed E-state index contributed by atoms with van der Waals surface area (Å²) < 4.78 is 13.2. The van der Waals surface area contributed by atoms with Crippen LogP contribution in [0.1, 0.15) is 37.7 Å². The van der Waals surface area contributed by atoms with E-state index >= 15 is 0 Å². The van der Waals surface area contributed by atoms with Gasteiger partial charge in [-0.2, -0.15) is 0 Å². The van der Waals surface area contributed by atoms with Crippen LogP contribution in [0.25, 0.3) is 0 Å². The van der Waals surface area contributed by atoms with E-state index in [1.54, 1.807) is 0 Å². The third-order valence-electron chi connectivity index (χ3n) is 3.64. The highest BCUT2D eigenvalue weighted by Gasteiger charge is 2.13. The Morgan fingerprint density at radius 2 is 2.00 bits per heavy atom. The van der Waals surface area contributed by atoms with E-state index in [4.69, 9.17) is 0 Å². The zero-order valence-electron chi connectivity index (χ0n) is 10.9. The average molecular weight is 266 g/mol. The van der Waals surface area contributed by atoms with Crippen LogP contribution in [0, 0.1) is 21.8 Å². The molecule has 0 aliphatic heterocycles. The number of nitrogens with zero attached hydrogens (tertiary/aromatic N) is 1. The second kappa shape index (κ2) is 6.61. The van der Waals surface area contributed by atoms with Crippen molar-refractivity contribution in [3.05, 3.63) is 39.7 Å². The van der Waals surface area contributed by atoms with E-state index < -0.39 is 10.7 Å². The van der Waals surface area contributed by atoms with E-state index in [1.165, 1.54) is 44.2 Å². The molecule has 4 nitrogen and oxygen atoms in total. The molecule has 0 spiro atoms. The van der Waals surface area contributed by atoms with Crippen LogP contribution < -0.4 is 5.32 Å². The monoisotopic (exact) mass is 266 g/mol. The first kappa shape index (κ1) is 13.9. The molecule has 0 amide bonds. The van der Waals surface area contributed by atoms with E-state index in [0.29, 0.717) is 18.0 Å². The maximum atomic E-state index is 13.2. The normalized spacial score (nSPS) is 16.5. The van der Waals surface area contributed by atoms with E-state index in [-0.39, 0.29) is 5.69 Å². The molecule has 0 aromatic heterocycles. The van der Waals surface area contributed by atoms with Gasteiger partial charge >= 0.3 is 0 Å². The highest BCUT2D eigenvalue weighted by molar-refractivity contribution is 5.35. The number of halogens is 1. The molecule has 2 rings (SSSR count). The molecule has 0 radical (unpaired) electrons. The van der Waals surface area contributed by atoms with Crippen LogP contribution >= 0.6 is 0 Å². The highest BCUT2D eigenvalue weighted by atomic mass is 19.1. The van der Waals surface area contributed by atoms with Gasteiger partial charge in [-0.15, -0.1) is 0 Å². The molecule has 1 aliphatic rings. The van der Waals surface area contributed by atoms with Crippen LogP contribution in [0.4, 0.5) is 10.1 Å². The van der Waals surface area contributed by atoms with Gasteiger partial charge in [-0.1, -0.05) is 19.3 Å². The summed E-state index contributed by atoms with van der Waals surface area (Å²) in [5.74, 6) is 0.140. The first-order valence-electron chi connectivity index (χ1n) is 6.80. The van der Waals surface area contributed by atoms with E-state index in [2.05, 4.69) is 5.32 Å². The Morgan fingerprint density at radius 1 is 1.26 bits per heavy atom. The summed E-state index contributed by atoms with van der Waals surface area (Å²) in [6, 6.07) is 3.72. The van der Waals surface area contributed by atoms with Gasteiger partial charge in [0.2, 0.25) is 0 Å². The number of hydrogen-bond acceptors (Lipinski definition) is 3. The van der Waals surface area contributed by atoms with Crippen molar-refractivity contribution >= 4 is 5.69 Å². The summed E-state index contributed by atoms with van der Waals surface area (Å²) in [6.45, 7) is 1.39. The maximum absolute atomic E-state index is 13.2. The van der Waals surface area contributed by atoms with Gasteiger partial charge in [0.1, 0.15) is 5.82 Å². The summed E-state index contributed by atoms with van der Waals surface area (Å²) in [4.78, 5) is 10.1. The highest BCUT2D eigenvalue weighted by Crippen LogP contribution is 2.23.